The van der Waals surface area contributed by atoms with Crippen LogP contribution in [-0.4, -0.2) is 92.3 Å². The van der Waals surface area contributed by atoms with Gasteiger partial charge in [0.05, 0.1) is 31.9 Å². The Morgan fingerprint density at radius 3 is 2.55 bits per heavy atom. The van der Waals surface area contributed by atoms with Gasteiger partial charge in [-0.25, -0.2) is 4.79 Å². The fraction of sp³-hybridized carbons (Fsp3) is 0.654. The van der Waals surface area contributed by atoms with Gasteiger partial charge in [0.1, 0.15) is 0 Å². The molecule has 2 fully saturated rings. The van der Waals surface area contributed by atoms with Gasteiger partial charge in [-0.1, -0.05) is 6.07 Å². The van der Waals surface area contributed by atoms with Gasteiger partial charge in [0, 0.05) is 42.7 Å². The number of rotatable bonds is 8. The second-order valence-electron chi connectivity index (χ2n) is 10.1. The van der Waals surface area contributed by atoms with Crippen LogP contribution in [0, 0.1) is 5.92 Å². The van der Waals surface area contributed by atoms with Crippen molar-refractivity contribution in [1.82, 2.24) is 20.4 Å². The standard InChI is InChI=1S/C26H37F3N4O5/c1-17(2)32(3)21-7-8-22(19(14-21)16-38-25(36)33-9-11-37-12-10-33)31-23(34)15-30-24(35)18-5-4-6-20(13-18)26(27,28)29/h4-6,13,17,19,21-22H,7-12,14-16H2,1-3H3,(H,30,35)(H,31,34)/t19-,21+,22-/m0/s1. The minimum Gasteiger partial charge on any atom is -0.449 e. The van der Waals surface area contributed by atoms with Crippen LogP contribution in [0.1, 0.15) is 49.0 Å². The molecule has 1 saturated heterocycles. The highest BCUT2D eigenvalue weighted by molar-refractivity contribution is 5.96. The number of alkyl halides is 3. The molecule has 9 nitrogen and oxygen atoms in total. The van der Waals surface area contributed by atoms with Gasteiger partial charge in [0.2, 0.25) is 5.91 Å². The molecule has 3 rings (SSSR count). The number of hydrogen-bond donors (Lipinski definition) is 2. The molecule has 212 valence electrons. The van der Waals surface area contributed by atoms with Crippen molar-refractivity contribution in [3.05, 3.63) is 35.4 Å². The van der Waals surface area contributed by atoms with Crippen LogP contribution in [0.15, 0.2) is 24.3 Å². The molecule has 1 aromatic rings. The Kier molecular flexibility index (Phi) is 10.4. The van der Waals surface area contributed by atoms with Gasteiger partial charge in [-0.2, -0.15) is 13.2 Å². The smallest absolute Gasteiger partial charge is 0.416 e. The predicted octanol–water partition coefficient (Wildman–Crippen LogP) is 2.90. The third kappa shape index (κ3) is 8.32. The Morgan fingerprint density at radius 2 is 1.89 bits per heavy atom. The number of benzene rings is 1. The van der Waals surface area contributed by atoms with Crippen LogP contribution in [0.3, 0.4) is 0 Å². The van der Waals surface area contributed by atoms with Crippen LogP contribution in [-0.2, 0) is 20.4 Å². The van der Waals surface area contributed by atoms with Crippen LogP contribution >= 0.6 is 0 Å². The van der Waals surface area contributed by atoms with Crippen molar-refractivity contribution in [2.45, 2.75) is 57.4 Å². The summed E-state index contributed by atoms with van der Waals surface area (Å²) >= 11 is 0. The maximum atomic E-state index is 12.9. The molecule has 3 amide bonds. The highest BCUT2D eigenvalue weighted by atomic mass is 19.4. The van der Waals surface area contributed by atoms with Crippen molar-refractivity contribution in [2.24, 2.45) is 5.92 Å². The number of nitrogens with zero attached hydrogens (tertiary/aromatic N) is 2. The lowest BCUT2D eigenvalue weighted by atomic mass is 9.81. The fourth-order valence-corrected chi connectivity index (χ4v) is 4.78. The molecule has 1 saturated carbocycles. The molecule has 0 unspecified atom stereocenters. The van der Waals surface area contributed by atoms with E-state index in [9.17, 15) is 27.6 Å². The van der Waals surface area contributed by atoms with Gasteiger partial charge < -0.3 is 29.9 Å². The molecule has 1 aliphatic carbocycles. The van der Waals surface area contributed by atoms with E-state index in [1.54, 1.807) is 4.90 Å². The summed E-state index contributed by atoms with van der Waals surface area (Å²) in [5.74, 6) is -1.37. The lowest BCUT2D eigenvalue weighted by molar-refractivity contribution is -0.137. The Balaban J connectivity index is 1.57. The van der Waals surface area contributed by atoms with Crippen LogP contribution in [0.25, 0.3) is 0 Å². The van der Waals surface area contributed by atoms with Crippen molar-refractivity contribution in [3.63, 3.8) is 0 Å². The van der Waals surface area contributed by atoms with E-state index in [0.29, 0.717) is 45.2 Å². The molecular formula is C26H37F3N4O5. The van der Waals surface area contributed by atoms with E-state index in [-0.39, 0.29) is 36.7 Å². The van der Waals surface area contributed by atoms with Gasteiger partial charge in [-0.15, -0.1) is 0 Å². The largest absolute Gasteiger partial charge is 0.449 e. The zero-order valence-electron chi connectivity index (χ0n) is 22.1. The van der Waals surface area contributed by atoms with Crippen molar-refractivity contribution < 1.29 is 37.0 Å². The second kappa shape index (κ2) is 13.3. The highest BCUT2D eigenvalue weighted by Crippen LogP contribution is 2.30. The van der Waals surface area contributed by atoms with Crippen LogP contribution < -0.4 is 10.6 Å². The predicted molar refractivity (Wildman–Crippen MR) is 133 cm³/mol. The molecular weight excluding hydrogens is 505 g/mol. The minimum atomic E-state index is -4.57. The summed E-state index contributed by atoms with van der Waals surface area (Å²) in [6, 6.07) is 4.34. The fourth-order valence-electron chi connectivity index (χ4n) is 4.78. The van der Waals surface area contributed by atoms with Crippen molar-refractivity contribution in [2.75, 3.05) is 46.5 Å². The molecule has 3 atom stereocenters. The molecule has 38 heavy (non-hydrogen) atoms. The van der Waals surface area contributed by atoms with E-state index < -0.39 is 29.6 Å². The Hall–Kier alpha value is -2.86. The average molecular weight is 543 g/mol. The molecule has 0 aromatic heterocycles. The zero-order chi connectivity index (χ0) is 27.9. The number of halogens is 3. The molecule has 1 aliphatic heterocycles. The normalized spacial score (nSPS) is 22.3. The van der Waals surface area contributed by atoms with Gasteiger partial charge in [0.15, 0.2) is 0 Å². The molecule has 2 N–H and O–H groups in total. The third-order valence-corrected chi connectivity index (χ3v) is 7.24. The Morgan fingerprint density at radius 1 is 1.18 bits per heavy atom. The van der Waals surface area contributed by atoms with E-state index in [2.05, 4.69) is 29.4 Å². The van der Waals surface area contributed by atoms with Gasteiger partial charge >= 0.3 is 12.3 Å². The van der Waals surface area contributed by atoms with Gasteiger partial charge in [-0.05, 0) is 58.4 Å². The Labute approximate surface area is 221 Å². The molecule has 0 spiro atoms. The lowest BCUT2D eigenvalue weighted by Crippen LogP contribution is -2.52. The third-order valence-electron chi connectivity index (χ3n) is 7.24. The highest BCUT2D eigenvalue weighted by Gasteiger charge is 2.35. The summed E-state index contributed by atoms with van der Waals surface area (Å²) in [5, 5.41) is 5.31. The maximum absolute atomic E-state index is 12.9. The number of carbonyl (C=O) groups is 3. The first kappa shape index (κ1) is 29.7. The monoisotopic (exact) mass is 542 g/mol. The first-order valence-corrected chi connectivity index (χ1v) is 12.9. The molecule has 0 radical (unpaired) electrons. The SMILES string of the molecule is CC(C)N(C)[C@@H]1CC[C@H](NC(=O)CNC(=O)c2cccc(C(F)(F)F)c2)[C@H](COC(=O)N2CCOCC2)C1. The molecule has 2 aliphatic rings. The van der Waals surface area contributed by atoms with Crippen LogP contribution in [0.4, 0.5) is 18.0 Å². The number of carbonyl (C=O) groups excluding carboxylic acids is 3. The summed E-state index contributed by atoms with van der Waals surface area (Å²) in [4.78, 5) is 41.4. The summed E-state index contributed by atoms with van der Waals surface area (Å²) in [6.45, 7) is 5.82. The number of amides is 3. The van der Waals surface area contributed by atoms with Crippen molar-refractivity contribution in [3.8, 4) is 0 Å². The summed E-state index contributed by atoms with van der Waals surface area (Å²) in [5.41, 5.74) is -1.12. The van der Waals surface area contributed by atoms with Crippen molar-refractivity contribution >= 4 is 17.9 Å². The first-order valence-electron chi connectivity index (χ1n) is 12.9. The zero-order valence-corrected chi connectivity index (χ0v) is 22.1. The molecule has 1 heterocycles. The Bertz CT molecular complexity index is 968. The topological polar surface area (TPSA) is 100 Å². The molecule has 1 aromatic carbocycles. The van der Waals surface area contributed by atoms with Crippen molar-refractivity contribution in [1.29, 1.82) is 0 Å². The van der Waals surface area contributed by atoms with E-state index in [0.717, 1.165) is 24.6 Å². The number of morpholine rings is 1. The van der Waals surface area contributed by atoms with Crippen LogP contribution in [0.5, 0.6) is 0 Å². The summed E-state index contributed by atoms with van der Waals surface area (Å²) in [6.07, 6.45) is -2.77. The minimum absolute atomic E-state index is 0.136. The first-order chi connectivity index (χ1) is 18.0. The quantitative estimate of drug-likeness (QED) is 0.524. The van der Waals surface area contributed by atoms with E-state index in [1.165, 1.54) is 6.07 Å². The van der Waals surface area contributed by atoms with Crippen LogP contribution in [0.2, 0.25) is 0 Å². The van der Waals surface area contributed by atoms with Gasteiger partial charge in [0.25, 0.3) is 5.91 Å². The number of nitrogens with one attached hydrogen (secondary N) is 2. The van der Waals surface area contributed by atoms with E-state index in [1.807, 2.05) is 7.05 Å². The average Bonchev–Trinajstić information content (AvgIpc) is 2.90. The van der Waals surface area contributed by atoms with Gasteiger partial charge in [-0.3, -0.25) is 9.59 Å². The summed E-state index contributed by atoms with van der Waals surface area (Å²) in [7, 11) is 2.05. The summed E-state index contributed by atoms with van der Waals surface area (Å²) < 4.78 is 49.7. The number of ether oxygens (including phenoxy) is 2. The van der Waals surface area contributed by atoms with E-state index >= 15 is 0 Å². The number of hydrogen-bond acceptors (Lipinski definition) is 6. The molecule has 0 bridgehead atoms. The van der Waals surface area contributed by atoms with E-state index in [4.69, 9.17) is 9.47 Å². The molecule has 12 heteroatoms. The second-order valence-corrected chi connectivity index (χ2v) is 10.1. The maximum Gasteiger partial charge on any atom is 0.416 e. The lowest BCUT2D eigenvalue weighted by Gasteiger charge is -2.41.